The van der Waals surface area contributed by atoms with E-state index in [2.05, 4.69) is 19.2 Å². The fourth-order valence-corrected chi connectivity index (χ4v) is 1.96. The Kier molecular flexibility index (Phi) is 3.26. The summed E-state index contributed by atoms with van der Waals surface area (Å²) in [5.74, 6) is 1.61. The third-order valence-electron chi connectivity index (χ3n) is 2.87. The van der Waals surface area contributed by atoms with E-state index < -0.39 is 0 Å². The Morgan fingerprint density at radius 2 is 2.06 bits per heavy atom. The van der Waals surface area contributed by atoms with Crippen molar-refractivity contribution in [3.63, 3.8) is 0 Å². The summed E-state index contributed by atoms with van der Waals surface area (Å²) in [6.07, 6.45) is -0.143. The highest BCUT2D eigenvalue weighted by Gasteiger charge is 2.33. The average Bonchev–Trinajstić information content (AvgIpc) is 2.68. The summed E-state index contributed by atoms with van der Waals surface area (Å²) in [5.41, 5.74) is 0.816. The first-order chi connectivity index (χ1) is 8.05. The predicted octanol–water partition coefficient (Wildman–Crippen LogP) is 2.10. The van der Waals surface area contributed by atoms with E-state index in [4.69, 9.17) is 14.2 Å². The second-order valence-corrected chi connectivity index (χ2v) is 4.75. The second kappa shape index (κ2) is 4.55. The van der Waals surface area contributed by atoms with Gasteiger partial charge >= 0.3 is 0 Å². The molecule has 1 aliphatic rings. The van der Waals surface area contributed by atoms with Crippen LogP contribution in [0.4, 0.5) is 0 Å². The predicted molar refractivity (Wildman–Crippen MR) is 65.5 cm³/mol. The highest BCUT2D eigenvalue weighted by molar-refractivity contribution is 5.41. The van der Waals surface area contributed by atoms with Gasteiger partial charge in [0.15, 0.2) is 0 Å². The van der Waals surface area contributed by atoms with Gasteiger partial charge in [0.2, 0.25) is 0 Å². The monoisotopic (exact) mass is 237 g/mol. The molecule has 0 aliphatic carbocycles. The first kappa shape index (κ1) is 12.2. The van der Waals surface area contributed by atoms with Crippen LogP contribution in [0.25, 0.3) is 0 Å². The highest BCUT2D eigenvalue weighted by atomic mass is 16.5. The quantitative estimate of drug-likeness (QED) is 0.874. The first-order valence-electron chi connectivity index (χ1n) is 5.69. The van der Waals surface area contributed by atoms with Crippen LogP contribution in [0.5, 0.6) is 11.5 Å². The topological polar surface area (TPSA) is 39.7 Å². The number of rotatable bonds is 3. The molecule has 1 heterocycles. The third kappa shape index (κ3) is 2.53. The van der Waals surface area contributed by atoms with E-state index in [1.807, 2.05) is 18.2 Å². The van der Waals surface area contributed by atoms with Gasteiger partial charge in [0, 0.05) is 12.1 Å². The van der Waals surface area contributed by atoms with Gasteiger partial charge in [-0.3, -0.25) is 5.32 Å². The van der Waals surface area contributed by atoms with Gasteiger partial charge in [0.1, 0.15) is 17.7 Å². The molecule has 1 unspecified atom stereocenters. The molecule has 1 fully saturated rings. The lowest BCUT2D eigenvalue weighted by Gasteiger charge is -2.19. The van der Waals surface area contributed by atoms with Crippen molar-refractivity contribution in [2.45, 2.75) is 25.7 Å². The standard InChI is InChI=1S/C13H19NO3/c1-13(2)8-14-12(17-13)10-7-9(15-3)5-6-11(10)16-4/h5-7,12,14H,8H2,1-4H3. The van der Waals surface area contributed by atoms with Gasteiger partial charge in [-0.2, -0.15) is 0 Å². The van der Waals surface area contributed by atoms with Crippen molar-refractivity contribution < 1.29 is 14.2 Å². The van der Waals surface area contributed by atoms with Crippen molar-refractivity contribution in [2.24, 2.45) is 0 Å². The molecule has 4 heteroatoms. The van der Waals surface area contributed by atoms with Gasteiger partial charge in [-0.1, -0.05) is 0 Å². The minimum atomic E-state index is -0.154. The minimum absolute atomic E-state index is 0.143. The molecule has 0 aromatic heterocycles. The van der Waals surface area contributed by atoms with Crippen molar-refractivity contribution in [1.82, 2.24) is 5.32 Å². The fraction of sp³-hybridized carbons (Fsp3) is 0.538. The van der Waals surface area contributed by atoms with E-state index in [0.29, 0.717) is 0 Å². The van der Waals surface area contributed by atoms with Crippen LogP contribution in [0.3, 0.4) is 0 Å². The van der Waals surface area contributed by atoms with Crippen LogP contribution in [0.1, 0.15) is 25.6 Å². The number of ether oxygens (including phenoxy) is 3. The van der Waals surface area contributed by atoms with Crippen LogP contribution in [-0.4, -0.2) is 26.4 Å². The molecule has 1 saturated heterocycles. The lowest BCUT2D eigenvalue weighted by molar-refractivity contribution is -0.0165. The Morgan fingerprint density at radius 3 is 2.59 bits per heavy atom. The van der Waals surface area contributed by atoms with Gasteiger partial charge in [0.05, 0.1) is 19.8 Å². The summed E-state index contributed by atoms with van der Waals surface area (Å²) in [7, 11) is 3.31. The van der Waals surface area contributed by atoms with E-state index in [1.165, 1.54) is 0 Å². The molecule has 0 spiro atoms. The molecule has 1 N–H and O–H groups in total. The molecule has 94 valence electrons. The first-order valence-corrected chi connectivity index (χ1v) is 5.69. The Bertz CT molecular complexity index is 404. The van der Waals surface area contributed by atoms with E-state index in [1.54, 1.807) is 14.2 Å². The van der Waals surface area contributed by atoms with Crippen molar-refractivity contribution in [1.29, 1.82) is 0 Å². The van der Waals surface area contributed by atoms with Crippen molar-refractivity contribution in [3.05, 3.63) is 23.8 Å². The number of hydrogen-bond acceptors (Lipinski definition) is 4. The SMILES string of the molecule is COc1ccc(OC)c(C2NCC(C)(C)O2)c1. The van der Waals surface area contributed by atoms with Crippen LogP contribution in [-0.2, 0) is 4.74 Å². The van der Waals surface area contributed by atoms with Crippen molar-refractivity contribution in [3.8, 4) is 11.5 Å². The summed E-state index contributed by atoms with van der Waals surface area (Å²) in [6, 6.07) is 5.71. The number of hydrogen-bond donors (Lipinski definition) is 1. The number of benzene rings is 1. The normalized spacial score (nSPS) is 22.5. The minimum Gasteiger partial charge on any atom is -0.497 e. The number of methoxy groups -OCH3 is 2. The van der Waals surface area contributed by atoms with Crippen molar-refractivity contribution in [2.75, 3.05) is 20.8 Å². The zero-order chi connectivity index (χ0) is 12.5. The van der Waals surface area contributed by atoms with Crippen LogP contribution in [0, 0.1) is 0 Å². The molecular weight excluding hydrogens is 218 g/mol. The molecule has 0 amide bonds. The van der Waals surface area contributed by atoms with E-state index in [-0.39, 0.29) is 11.8 Å². The van der Waals surface area contributed by atoms with Crippen LogP contribution in [0.15, 0.2) is 18.2 Å². The Hall–Kier alpha value is -1.26. The molecule has 1 aliphatic heterocycles. The maximum Gasteiger partial charge on any atom is 0.138 e. The summed E-state index contributed by atoms with van der Waals surface area (Å²) < 4.78 is 16.5. The molecule has 0 radical (unpaired) electrons. The highest BCUT2D eigenvalue weighted by Crippen LogP contribution is 2.35. The zero-order valence-corrected chi connectivity index (χ0v) is 10.7. The van der Waals surface area contributed by atoms with Gasteiger partial charge in [-0.15, -0.1) is 0 Å². The molecule has 2 rings (SSSR count). The van der Waals surface area contributed by atoms with Gasteiger partial charge < -0.3 is 14.2 Å². The maximum absolute atomic E-state index is 5.93. The molecule has 1 atom stereocenters. The van der Waals surface area contributed by atoms with Gasteiger partial charge in [0.25, 0.3) is 0 Å². The van der Waals surface area contributed by atoms with E-state index in [0.717, 1.165) is 23.6 Å². The van der Waals surface area contributed by atoms with E-state index >= 15 is 0 Å². The maximum atomic E-state index is 5.93. The molecule has 0 saturated carbocycles. The summed E-state index contributed by atoms with van der Waals surface area (Å²) >= 11 is 0. The summed E-state index contributed by atoms with van der Waals surface area (Å²) in [6.45, 7) is 4.94. The lowest BCUT2D eigenvalue weighted by Crippen LogP contribution is -2.23. The van der Waals surface area contributed by atoms with Gasteiger partial charge in [-0.05, 0) is 32.0 Å². The van der Waals surface area contributed by atoms with E-state index in [9.17, 15) is 0 Å². The Morgan fingerprint density at radius 1 is 1.29 bits per heavy atom. The molecule has 1 aromatic carbocycles. The smallest absolute Gasteiger partial charge is 0.138 e. The molecular formula is C13H19NO3. The molecule has 17 heavy (non-hydrogen) atoms. The van der Waals surface area contributed by atoms with Crippen LogP contribution >= 0.6 is 0 Å². The Labute approximate surface area is 102 Å². The lowest BCUT2D eigenvalue weighted by atomic mass is 10.1. The fourth-order valence-electron chi connectivity index (χ4n) is 1.96. The second-order valence-electron chi connectivity index (χ2n) is 4.75. The summed E-state index contributed by atoms with van der Waals surface area (Å²) in [5, 5.41) is 3.33. The van der Waals surface area contributed by atoms with Gasteiger partial charge in [-0.25, -0.2) is 0 Å². The Balaban J connectivity index is 2.30. The largest absolute Gasteiger partial charge is 0.497 e. The van der Waals surface area contributed by atoms with Crippen LogP contribution < -0.4 is 14.8 Å². The zero-order valence-electron chi connectivity index (χ0n) is 10.7. The van der Waals surface area contributed by atoms with Crippen molar-refractivity contribution >= 4 is 0 Å². The third-order valence-corrected chi connectivity index (χ3v) is 2.87. The molecule has 1 aromatic rings. The molecule has 0 bridgehead atoms. The summed E-state index contributed by atoms with van der Waals surface area (Å²) in [4.78, 5) is 0. The number of nitrogens with one attached hydrogen (secondary N) is 1. The average molecular weight is 237 g/mol. The van der Waals surface area contributed by atoms with Crippen LogP contribution in [0.2, 0.25) is 0 Å². The molecule has 4 nitrogen and oxygen atoms in total.